The molecule has 0 unspecified atom stereocenters. The molecule has 0 aromatic heterocycles. The number of rotatable bonds is 5. The fraction of sp³-hybridized carbons (Fsp3) is 0.619. The Balaban J connectivity index is 2.07. The van der Waals surface area contributed by atoms with Crippen molar-refractivity contribution in [2.75, 3.05) is 5.32 Å². The van der Waals surface area contributed by atoms with E-state index in [9.17, 15) is 9.59 Å². The molecule has 0 bridgehead atoms. The van der Waals surface area contributed by atoms with Gasteiger partial charge in [-0.1, -0.05) is 50.8 Å². The highest BCUT2D eigenvalue weighted by Crippen LogP contribution is 2.26. The Bertz CT molecular complexity index is 614. The van der Waals surface area contributed by atoms with Crippen LogP contribution in [0.3, 0.4) is 0 Å². The molecule has 1 fully saturated rings. The van der Waals surface area contributed by atoms with Crippen molar-refractivity contribution in [3.8, 4) is 0 Å². The molecule has 0 aliphatic heterocycles. The summed E-state index contributed by atoms with van der Waals surface area (Å²) in [4.78, 5) is 25.6. The number of hydrogen-bond donors (Lipinski definition) is 2. The Labute approximate surface area is 151 Å². The van der Waals surface area contributed by atoms with Crippen molar-refractivity contribution in [1.82, 2.24) is 5.32 Å². The number of carbonyl (C=O) groups is 2. The van der Waals surface area contributed by atoms with Gasteiger partial charge in [0.1, 0.15) is 5.41 Å². The maximum atomic E-state index is 12.8. The van der Waals surface area contributed by atoms with Crippen LogP contribution in [0.5, 0.6) is 0 Å². The van der Waals surface area contributed by atoms with Crippen molar-refractivity contribution in [3.63, 3.8) is 0 Å². The lowest BCUT2D eigenvalue weighted by molar-refractivity contribution is -0.138. The molecule has 0 radical (unpaired) electrons. The number of anilines is 1. The molecular formula is C21H32N2O2. The third-order valence-electron chi connectivity index (χ3n) is 5.30. The van der Waals surface area contributed by atoms with Gasteiger partial charge in [0, 0.05) is 11.7 Å². The van der Waals surface area contributed by atoms with E-state index in [1.807, 2.05) is 25.1 Å². The van der Waals surface area contributed by atoms with E-state index in [0.29, 0.717) is 0 Å². The molecule has 138 valence electrons. The van der Waals surface area contributed by atoms with Crippen LogP contribution in [0.15, 0.2) is 18.2 Å². The SMILES string of the molecule is CCc1cccc(C)c1NC(=O)C(C)(C)C(=O)NC1CCCCCC1. The summed E-state index contributed by atoms with van der Waals surface area (Å²) in [5.74, 6) is -0.425. The molecule has 4 heteroatoms. The van der Waals surface area contributed by atoms with E-state index in [1.54, 1.807) is 13.8 Å². The molecule has 0 saturated heterocycles. The first-order valence-corrected chi connectivity index (χ1v) is 9.57. The average Bonchev–Trinajstić information content (AvgIpc) is 2.85. The highest BCUT2D eigenvalue weighted by atomic mass is 16.2. The van der Waals surface area contributed by atoms with E-state index < -0.39 is 5.41 Å². The minimum absolute atomic E-state index is 0.177. The number of hydrogen-bond acceptors (Lipinski definition) is 2. The predicted octanol–water partition coefficient (Wildman–Crippen LogP) is 4.36. The van der Waals surface area contributed by atoms with E-state index >= 15 is 0 Å². The molecule has 2 rings (SSSR count). The fourth-order valence-electron chi connectivity index (χ4n) is 3.36. The molecule has 2 amide bonds. The van der Waals surface area contributed by atoms with Crippen molar-refractivity contribution in [2.45, 2.75) is 78.7 Å². The van der Waals surface area contributed by atoms with Crippen molar-refractivity contribution >= 4 is 17.5 Å². The van der Waals surface area contributed by atoms with E-state index in [4.69, 9.17) is 0 Å². The lowest BCUT2D eigenvalue weighted by Gasteiger charge is -2.27. The summed E-state index contributed by atoms with van der Waals surface area (Å²) in [6.07, 6.45) is 7.66. The van der Waals surface area contributed by atoms with Crippen LogP contribution >= 0.6 is 0 Å². The lowest BCUT2D eigenvalue weighted by Crippen LogP contribution is -2.48. The van der Waals surface area contributed by atoms with Gasteiger partial charge in [0.2, 0.25) is 11.8 Å². The van der Waals surface area contributed by atoms with Crippen molar-refractivity contribution in [1.29, 1.82) is 0 Å². The molecule has 0 heterocycles. The van der Waals surface area contributed by atoms with Gasteiger partial charge >= 0.3 is 0 Å². The zero-order chi connectivity index (χ0) is 18.4. The van der Waals surface area contributed by atoms with E-state index in [1.165, 1.54) is 12.8 Å². The second-order valence-corrected chi connectivity index (χ2v) is 7.70. The second-order valence-electron chi connectivity index (χ2n) is 7.70. The highest BCUT2D eigenvalue weighted by molar-refractivity contribution is 6.10. The minimum Gasteiger partial charge on any atom is -0.352 e. The zero-order valence-electron chi connectivity index (χ0n) is 16.1. The molecule has 25 heavy (non-hydrogen) atoms. The Hall–Kier alpha value is -1.84. The standard InChI is InChI=1S/C21H32N2O2/c1-5-16-12-10-11-15(2)18(16)23-20(25)21(3,4)19(24)22-17-13-8-6-7-9-14-17/h10-12,17H,5-9,13-14H2,1-4H3,(H,22,24)(H,23,25). The minimum atomic E-state index is -1.10. The molecular weight excluding hydrogens is 312 g/mol. The van der Waals surface area contributed by atoms with Crippen LogP contribution in [0.4, 0.5) is 5.69 Å². The van der Waals surface area contributed by atoms with Gasteiger partial charge in [0.25, 0.3) is 0 Å². The smallest absolute Gasteiger partial charge is 0.239 e. The first kappa shape index (κ1) is 19.5. The Morgan fingerprint density at radius 2 is 1.72 bits per heavy atom. The first-order valence-electron chi connectivity index (χ1n) is 9.57. The number of benzene rings is 1. The summed E-state index contributed by atoms with van der Waals surface area (Å²) in [6.45, 7) is 7.46. The maximum Gasteiger partial charge on any atom is 0.239 e. The monoisotopic (exact) mass is 344 g/mol. The van der Waals surface area contributed by atoms with Gasteiger partial charge in [0.05, 0.1) is 0 Å². The van der Waals surface area contributed by atoms with Crippen LogP contribution in [0, 0.1) is 12.3 Å². The van der Waals surface area contributed by atoms with Gasteiger partial charge in [-0.15, -0.1) is 0 Å². The van der Waals surface area contributed by atoms with E-state index in [2.05, 4.69) is 17.6 Å². The summed E-state index contributed by atoms with van der Waals surface area (Å²) in [6, 6.07) is 6.19. The Morgan fingerprint density at radius 1 is 1.08 bits per heavy atom. The largest absolute Gasteiger partial charge is 0.352 e. The summed E-state index contributed by atoms with van der Waals surface area (Å²) in [5, 5.41) is 6.11. The quantitative estimate of drug-likeness (QED) is 0.616. The molecule has 0 atom stereocenters. The summed E-state index contributed by atoms with van der Waals surface area (Å²) in [7, 11) is 0. The summed E-state index contributed by atoms with van der Waals surface area (Å²) >= 11 is 0. The fourth-order valence-corrected chi connectivity index (χ4v) is 3.36. The van der Waals surface area contributed by atoms with Crippen LogP contribution in [0.2, 0.25) is 0 Å². The molecule has 0 spiro atoms. The molecule has 1 aromatic rings. The van der Waals surface area contributed by atoms with Crippen molar-refractivity contribution in [3.05, 3.63) is 29.3 Å². The van der Waals surface area contributed by atoms with Gasteiger partial charge in [-0.25, -0.2) is 0 Å². The molecule has 2 N–H and O–H groups in total. The van der Waals surface area contributed by atoms with Crippen LogP contribution in [-0.4, -0.2) is 17.9 Å². The highest BCUT2D eigenvalue weighted by Gasteiger charge is 2.37. The van der Waals surface area contributed by atoms with Crippen molar-refractivity contribution in [2.24, 2.45) is 5.41 Å². The van der Waals surface area contributed by atoms with Gasteiger partial charge in [-0.3, -0.25) is 9.59 Å². The number of carbonyl (C=O) groups excluding carboxylic acids is 2. The lowest BCUT2D eigenvalue weighted by atomic mass is 9.89. The molecule has 1 saturated carbocycles. The van der Waals surface area contributed by atoms with Crippen molar-refractivity contribution < 1.29 is 9.59 Å². The third-order valence-corrected chi connectivity index (χ3v) is 5.30. The third kappa shape index (κ3) is 4.83. The topological polar surface area (TPSA) is 58.2 Å². The molecule has 4 nitrogen and oxygen atoms in total. The summed E-state index contributed by atoms with van der Waals surface area (Å²) < 4.78 is 0. The number of aryl methyl sites for hydroxylation is 2. The molecule has 1 aliphatic rings. The van der Waals surface area contributed by atoms with Gasteiger partial charge in [-0.2, -0.15) is 0 Å². The van der Waals surface area contributed by atoms with Gasteiger partial charge in [0.15, 0.2) is 0 Å². The van der Waals surface area contributed by atoms with E-state index in [0.717, 1.165) is 48.9 Å². The van der Waals surface area contributed by atoms with Crippen LogP contribution in [0.25, 0.3) is 0 Å². The van der Waals surface area contributed by atoms with Gasteiger partial charge < -0.3 is 10.6 Å². The first-order chi connectivity index (χ1) is 11.9. The number of amides is 2. The predicted molar refractivity (Wildman–Crippen MR) is 103 cm³/mol. The van der Waals surface area contributed by atoms with Crippen LogP contribution < -0.4 is 10.6 Å². The van der Waals surface area contributed by atoms with E-state index in [-0.39, 0.29) is 17.9 Å². The summed E-state index contributed by atoms with van der Waals surface area (Å²) in [5.41, 5.74) is 1.85. The zero-order valence-corrected chi connectivity index (χ0v) is 16.1. The number of nitrogens with one attached hydrogen (secondary N) is 2. The van der Waals surface area contributed by atoms with Crippen LogP contribution in [0.1, 0.15) is 70.4 Å². The Morgan fingerprint density at radius 3 is 2.32 bits per heavy atom. The molecule has 1 aromatic carbocycles. The Kier molecular flexibility index (Phi) is 6.63. The molecule has 1 aliphatic carbocycles. The average molecular weight is 344 g/mol. The van der Waals surface area contributed by atoms with Crippen LogP contribution in [-0.2, 0) is 16.0 Å². The second kappa shape index (κ2) is 8.50. The maximum absolute atomic E-state index is 12.8. The van der Waals surface area contributed by atoms with Gasteiger partial charge in [-0.05, 0) is 51.2 Å². The number of para-hydroxylation sites is 1. The normalized spacial score (nSPS) is 16.2.